The zero-order valence-corrected chi connectivity index (χ0v) is 13.8. The van der Waals surface area contributed by atoms with Gasteiger partial charge in [0.15, 0.2) is 6.29 Å². The standard InChI is InChI=1S/C17H30N2O3/c1-13(16(20)18-15-7-3-2-4-8-15)19-9-5-6-14(12-19)17-21-10-11-22-17/h13-15,17H,2-12H2,1H3,(H,18,20)/t13-,14-/m1/s1. The summed E-state index contributed by atoms with van der Waals surface area (Å²) in [5, 5.41) is 3.26. The van der Waals surface area contributed by atoms with Crippen LogP contribution in [0.2, 0.25) is 0 Å². The van der Waals surface area contributed by atoms with Crippen LogP contribution in [0.25, 0.3) is 0 Å². The van der Waals surface area contributed by atoms with Gasteiger partial charge in [0, 0.05) is 18.5 Å². The molecule has 2 aliphatic heterocycles. The van der Waals surface area contributed by atoms with E-state index in [2.05, 4.69) is 10.2 Å². The Morgan fingerprint density at radius 1 is 1.09 bits per heavy atom. The van der Waals surface area contributed by atoms with Gasteiger partial charge in [0.25, 0.3) is 0 Å². The van der Waals surface area contributed by atoms with Crippen LogP contribution in [0.4, 0.5) is 0 Å². The lowest BCUT2D eigenvalue weighted by Crippen LogP contribution is -2.52. The van der Waals surface area contributed by atoms with E-state index in [4.69, 9.17) is 9.47 Å². The first-order valence-electron chi connectivity index (χ1n) is 9.01. The second-order valence-corrected chi connectivity index (χ2v) is 7.03. The average Bonchev–Trinajstić information content (AvgIpc) is 3.10. The predicted octanol–water partition coefficient (Wildman–Crippen LogP) is 1.91. The molecule has 2 atom stereocenters. The summed E-state index contributed by atoms with van der Waals surface area (Å²) in [5.41, 5.74) is 0. The molecule has 3 fully saturated rings. The molecule has 2 heterocycles. The Balaban J connectivity index is 1.49. The van der Waals surface area contributed by atoms with E-state index >= 15 is 0 Å². The number of piperidine rings is 1. The van der Waals surface area contributed by atoms with Gasteiger partial charge >= 0.3 is 0 Å². The summed E-state index contributed by atoms with van der Waals surface area (Å²) in [5.74, 6) is 0.599. The van der Waals surface area contributed by atoms with Crippen molar-refractivity contribution in [1.82, 2.24) is 10.2 Å². The maximum Gasteiger partial charge on any atom is 0.237 e. The van der Waals surface area contributed by atoms with Gasteiger partial charge < -0.3 is 14.8 Å². The van der Waals surface area contributed by atoms with Crippen LogP contribution in [-0.2, 0) is 14.3 Å². The number of rotatable bonds is 4. The topological polar surface area (TPSA) is 50.8 Å². The lowest BCUT2D eigenvalue weighted by molar-refractivity contribution is -0.131. The van der Waals surface area contributed by atoms with E-state index < -0.39 is 0 Å². The number of likely N-dealkylation sites (tertiary alicyclic amines) is 1. The normalized spacial score (nSPS) is 30.3. The first-order chi connectivity index (χ1) is 10.7. The van der Waals surface area contributed by atoms with Gasteiger partial charge in [-0.05, 0) is 39.2 Å². The Labute approximate surface area is 133 Å². The van der Waals surface area contributed by atoms with E-state index in [1.807, 2.05) is 6.92 Å². The van der Waals surface area contributed by atoms with Gasteiger partial charge in [0.2, 0.25) is 5.91 Å². The molecule has 0 aromatic carbocycles. The molecule has 1 saturated carbocycles. The number of hydrogen-bond acceptors (Lipinski definition) is 4. The molecule has 0 unspecified atom stereocenters. The summed E-state index contributed by atoms with van der Waals surface area (Å²) in [6.45, 7) is 5.36. The largest absolute Gasteiger partial charge is 0.352 e. The first kappa shape index (κ1) is 16.2. The monoisotopic (exact) mass is 310 g/mol. The molecular formula is C17H30N2O3. The number of nitrogens with one attached hydrogen (secondary N) is 1. The molecule has 1 amide bonds. The van der Waals surface area contributed by atoms with E-state index in [1.54, 1.807) is 0 Å². The van der Waals surface area contributed by atoms with Crippen LogP contribution in [0, 0.1) is 5.92 Å². The van der Waals surface area contributed by atoms with Crippen molar-refractivity contribution in [1.29, 1.82) is 0 Å². The Morgan fingerprint density at radius 3 is 2.55 bits per heavy atom. The van der Waals surface area contributed by atoms with E-state index in [0.29, 0.717) is 25.2 Å². The summed E-state index contributed by atoms with van der Waals surface area (Å²) in [6.07, 6.45) is 8.31. The molecule has 5 nitrogen and oxygen atoms in total. The number of carbonyl (C=O) groups is 1. The molecule has 0 radical (unpaired) electrons. The van der Waals surface area contributed by atoms with Gasteiger partial charge in [0.1, 0.15) is 0 Å². The highest BCUT2D eigenvalue weighted by Gasteiger charge is 2.34. The quantitative estimate of drug-likeness (QED) is 0.862. The Kier molecular flexibility index (Phi) is 5.71. The average molecular weight is 310 g/mol. The molecular weight excluding hydrogens is 280 g/mol. The van der Waals surface area contributed by atoms with Crippen LogP contribution >= 0.6 is 0 Å². The molecule has 3 rings (SSSR count). The van der Waals surface area contributed by atoms with Crippen LogP contribution in [0.5, 0.6) is 0 Å². The van der Waals surface area contributed by atoms with Gasteiger partial charge in [-0.3, -0.25) is 9.69 Å². The highest BCUT2D eigenvalue weighted by atomic mass is 16.7. The van der Waals surface area contributed by atoms with E-state index in [9.17, 15) is 4.79 Å². The third kappa shape index (κ3) is 4.00. The summed E-state index contributed by atoms with van der Waals surface area (Å²) in [7, 11) is 0. The maximum atomic E-state index is 12.5. The molecule has 5 heteroatoms. The fourth-order valence-corrected chi connectivity index (χ4v) is 4.00. The Morgan fingerprint density at radius 2 is 1.82 bits per heavy atom. The summed E-state index contributed by atoms with van der Waals surface area (Å²) < 4.78 is 11.3. The minimum atomic E-state index is -0.0589. The fourth-order valence-electron chi connectivity index (χ4n) is 4.00. The van der Waals surface area contributed by atoms with E-state index in [-0.39, 0.29) is 18.2 Å². The van der Waals surface area contributed by atoms with Crippen molar-refractivity contribution in [2.75, 3.05) is 26.3 Å². The number of carbonyl (C=O) groups excluding carboxylic acids is 1. The van der Waals surface area contributed by atoms with Gasteiger partial charge in [-0.25, -0.2) is 0 Å². The molecule has 2 saturated heterocycles. The minimum absolute atomic E-state index is 0.0499. The Hall–Kier alpha value is -0.650. The fraction of sp³-hybridized carbons (Fsp3) is 0.941. The van der Waals surface area contributed by atoms with Crippen molar-refractivity contribution in [2.45, 2.75) is 70.2 Å². The van der Waals surface area contributed by atoms with Gasteiger partial charge in [-0.2, -0.15) is 0 Å². The zero-order valence-electron chi connectivity index (χ0n) is 13.8. The van der Waals surface area contributed by atoms with Crippen LogP contribution in [0.15, 0.2) is 0 Å². The van der Waals surface area contributed by atoms with E-state index in [0.717, 1.165) is 38.8 Å². The molecule has 126 valence electrons. The van der Waals surface area contributed by atoms with Crippen molar-refractivity contribution in [3.05, 3.63) is 0 Å². The summed E-state index contributed by atoms with van der Waals surface area (Å²) in [6, 6.07) is 0.344. The lowest BCUT2D eigenvalue weighted by atomic mass is 9.94. The van der Waals surface area contributed by atoms with Crippen LogP contribution in [-0.4, -0.2) is 55.5 Å². The molecule has 22 heavy (non-hydrogen) atoms. The van der Waals surface area contributed by atoms with Crippen molar-refractivity contribution in [2.24, 2.45) is 5.92 Å². The summed E-state index contributed by atoms with van der Waals surface area (Å²) >= 11 is 0. The number of ether oxygens (including phenoxy) is 2. The van der Waals surface area contributed by atoms with Crippen LogP contribution in [0.3, 0.4) is 0 Å². The van der Waals surface area contributed by atoms with Crippen molar-refractivity contribution in [3.63, 3.8) is 0 Å². The third-order valence-corrected chi connectivity index (χ3v) is 5.40. The molecule has 0 spiro atoms. The third-order valence-electron chi connectivity index (χ3n) is 5.40. The molecule has 0 aromatic rings. The molecule has 0 aromatic heterocycles. The molecule has 1 aliphatic carbocycles. The highest BCUT2D eigenvalue weighted by molar-refractivity contribution is 5.81. The first-order valence-corrected chi connectivity index (χ1v) is 9.01. The molecule has 3 aliphatic rings. The summed E-state index contributed by atoms with van der Waals surface area (Å²) in [4.78, 5) is 14.8. The number of nitrogens with zero attached hydrogens (tertiary/aromatic N) is 1. The maximum absolute atomic E-state index is 12.5. The SMILES string of the molecule is C[C@H](C(=O)NC1CCCCC1)N1CCC[C@@H](C2OCCO2)C1. The second kappa shape index (κ2) is 7.75. The van der Waals surface area contributed by atoms with Gasteiger partial charge in [-0.15, -0.1) is 0 Å². The number of hydrogen-bond donors (Lipinski definition) is 1. The molecule has 0 bridgehead atoms. The van der Waals surface area contributed by atoms with E-state index in [1.165, 1.54) is 19.3 Å². The number of amides is 1. The minimum Gasteiger partial charge on any atom is -0.352 e. The molecule has 1 N–H and O–H groups in total. The zero-order chi connectivity index (χ0) is 15.4. The van der Waals surface area contributed by atoms with Crippen molar-refractivity contribution >= 4 is 5.91 Å². The Bertz CT molecular complexity index is 365. The smallest absolute Gasteiger partial charge is 0.237 e. The van der Waals surface area contributed by atoms with Crippen molar-refractivity contribution in [3.8, 4) is 0 Å². The van der Waals surface area contributed by atoms with Crippen LogP contribution in [0.1, 0.15) is 51.9 Å². The highest BCUT2D eigenvalue weighted by Crippen LogP contribution is 2.26. The van der Waals surface area contributed by atoms with Crippen LogP contribution < -0.4 is 5.32 Å². The van der Waals surface area contributed by atoms with Gasteiger partial charge in [-0.1, -0.05) is 19.3 Å². The van der Waals surface area contributed by atoms with Gasteiger partial charge in [0.05, 0.1) is 19.3 Å². The van der Waals surface area contributed by atoms with Crippen molar-refractivity contribution < 1.29 is 14.3 Å². The lowest BCUT2D eigenvalue weighted by Gasteiger charge is -2.38. The predicted molar refractivity (Wildman–Crippen MR) is 84.5 cm³/mol. The second-order valence-electron chi connectivity index (χ2n) is 7.03.